The maximum atomic E-state index is 12.7. The number of aryl methyl sites for hydroxylation is 1. The summed E-state index contributed by atoms with van der Waals surface area (Å²) in [6.07, 6.45) is 3.27. The number of benzene rings is 3. The van der Waals surface area contributed by atoms with Crippen LogP contribution in [-0.2, 0) is 4.74 Å². The van der Waals surface area contributed by atoms with Gasteiger partial charge in [0.1, 0.15) is 0 Å². The molecule has 2 aliphatic heterocycles. The van der Waals surface area contributed by atoms with Gasteiger partial charge in [-0.05, 0) is 74.7 Å². The van der Waals surface area contributed by atoms with Crippen LogP contribution in [0.2, 0.25) is 0 Å². The number of anilines is 3. The zero-order chi connectivity index (χ0) is 29.6. The van der Waals surface area contributed by atoms with Crippen molar-refractivity contribution in [2.75, 3.05) is 54.9 Å². The van der Waals surface area contributed by atoms with Crippen molar-refractivity contribution in [2.24, 2.45) is 0 Å². The van der Waals surface area contributed by atoms with Crippen LogP contribution in [0.4, 0.5) is 22.1 Å². The highest BCUT2D eigenvalue weighted by molar-refractivity contribution is 6.00. The Kier molecular flexibility index (Phi) is 8.55. The first-order valence-corrected chi connectivity index (χ1v) is 14.8. The van der Waals surface area contributed by atoms with E-state index in [1.807, 2.05) is 60.4 Å². The molecule has 220 valence electrons. The Hall–Kier alpha value is -4.83. The van der Waals surface area contributed by atoms with Crippen LogP contribution in [0.3, 0.4) is 0 Å². The quantitative estimate of drug-likeness (QED) is 0.306. The number of aromatic nitrogens is 3. The molecule has 0 bridgehead atoms. The van der Waals surface area contributed by atoms with E-state index in [4.69, 9.17) is 19.7 Å². The van der Waals surface area contributed by atoms with Crippen molar-refractivity contribution in [2.45, 2.75) is 26.2 Å². The van der Waals surface area contributed by atoms with Crippen LogP contribution in [0.15, 0.2) is 72.8 Å². The standard InChI is InChI=1S/C33H35N7O3/c1-23-5-7-24(8-6-23)29-36-30(38-32(37-29)40-19-21-43-22-20-40)25-9-13-27(14-10-25)34-33(42)35-28-15-11-26(12-16-28)31(41)39-17-3-2-4-18-39/h5-16H,2-4,17-22H2,1H3,(H2,34,35,42). The second kappa shape index (κ2) is 13.0. The molecule has 6 rings (SSSR count). The maximum Gasteiger partial charge on any atom is 0.323 e. The summed E-state index contributed by atoms with van der Waals surface area (Å²) in [4.78, 5) is 43.8. The van der Waals surface area contributed by atoms with Crippen molar-refractivity contribution in [1.29, 1.82) is 0 Å². The van der Waals surface area contributed by atoms with Gasteiger partial charge in [0.15, 0.2) is 11.6 Å². The first-order valence-electron chi connectivity index (χ1n) is 14.8. The molecule has 0 unspecified atom stereocenters. The molecule has 4 aromatic rings. The van der Waals surface area contributed by atoms with Crippen LogP contribution in [-0.4, -0.2) is 71.2 Å². The minimum absolute atomic E-state index is 0.0389. The van der Waals surface area contributed by atoms with E-state index in [2.05, 4.69) is 15.5 Å². The van der Waals surface area contributed by atoms with Gasteiger partial charge in [0.05, 0.1) is 13.2 Å². The Bertz CT molecular complexity index is 1560. The van der Waals surface area contributed by atoms with Gasteiger partial charge in [-0.2, -0.15) is 9.97 Å². The van der Waals surface area contributed by atoms with E-state index < -0.39 is 0 Å². The Morgan fingerprint density at radius 2 is 1.21 bits per heavy atom. The molecular formula is C33H35N7O3. The number of carbonyl (C=O) groups is 2. The molecule has 0 radical (unpaired) electrons. The molecule has 10 heteroatoms. The van der Waals surface area contributed by atoms with E-state index in [0.29, 0.717) is 60.8 Å². The van der Waals surface area contributed by atoms with Crippen molar-refractivity contribution in [3.8, 4) is 22.8 Å². The topological polar surface area (TPSA) is 113 Å². The number of hydrogen-bond acceptors (Lipinski definition) is 7. The fraction of sp³-hybridized carbons (Fsp3) is 0.303. The molecule has 0 aliphatic carbocycles. The molecule has 3 amide bonds. The van der Waals surface area contributed by atoms with Gasteiger partial charge in [0, 0.05) is 54.2 Å². The average molecular weight is 578 g/mol. The van der Waals surface area contributed by atoms with Crippen molar-refractivity contribution >= 4 is 29.3 Å². The molecule has 2 fully saturated rings. The number of hydrogen-bond donors (Lipinski definition) is 2. The van der Waals surface area contributed by atoms with Crippen LogP contribution in [0, 0.1) is 6.92 Å². The molecule has 3 heterocycles. The normalized spacial score (nSPS) is 15.2. The summed E-state index contributed by atoms with van der Waals surface area (Å²) in [5, 5.41) is 5.70. The van der Waals surface area contributed by atoms with Crippen LogP contribution in [0.1, 0.15) is 35.2 Å². The summed E-state index contributed by atoms with van der Waals surface area (Å²) in [5.41, 5.74) is 4.75. The Balaban J connectivity index is 1.14. The van der Waals surface area contributed by atoms with E-state index >= 15 is 0 Å². The molecular weight excluding hydrogens is 542 g/mol. The predicted molar refractivity (Wildman–Crippen MR) is 167 cm³/mol. The maximum absolute atomic E-state index is 12.7. The van der Waals surface area contributed by atoms with Crippen LogP contribution in [0.5, 0.6) is 0 Å². The Labute approximate surface area is 251 Å². The number of urea groups is 1. The second-order valence-corrected chi connectivity index (χ2v) is 10.8. The molecule has 0 atom stereocenters. The molecule has 2 saturated heterocycles. The molecule has 10 nitrogen and oxygen atoms in total. The fourth-order valence-electron chi connectivity index (χ4n) is 5.20. The van der Waals surface area contributed by atoms with E-state index in [-0.39, 0.29) is 11.9 Å². The number of rotatable bonds is 6. The zero-order valence-corrected chi connectivity index (χ0v) is 24.3. The highest BCUT2D eigenvalue weighted by atomic mass is 16.5. The largest absolute Gasteiger partial charge is 0.378 e. The van der Waals surface area contributed by atoms with Crippen molar-refractivity contribution in [3.63, 3.8) is 0 Å². The van der Waals surface area contributed by atoms with Gasteiger partial charge in [-0.3, -0.25) is 4.79 Å². The van der Waals surface area contributed by atoms with E-state index in [9.17, 15) is 9.59 Å². The molecule has 0 spiro atoms. The summed E-state index contributed by atoms with van der Waals surface area (Å²) in [7, 11) is 0. The van der Waals surface area contributed by atoms with Gasteiger partial charge in [-0.25, -0.2) is 9.78 Å². The molecule has 3 aromatic carbocycles. The van der Waals surface area contributed by atoms with Crippen LogP contribution in [0.25, 0.3) is 22.8 Å². The number of nitrogens with one attached hydrogen (secondary N) is 2. The van der Waals surface area contributed by atoms with E-state index in [1.54, 1.807) is 24.3 Å². The van der Waals surface area contributed by atoms with Gasteiger partial charge in [0.25, 0.3) is 5.91 Å². The monoisotopic (exact) mass is 577 g/mol. The summed E-state index contributed by atoms with van der Waals surface area (Å²) < 4.78 is 5.52. The number of carbonyl (C=O) groups excluding carboxylic acids is 2. The van der Waals surface area contributed by atoms with Gasteiger partial charge in [-0.1, -0.05) is 29.8 Å². The molecule has 0 saturated carbocycles. The zero-order valence-electron chi connectivity index (χ0n) is 24.3. The number of morpholine rings is 1. The Morgan fingerprint density at radius 1 is 0.674 bits per heavy atom. The number of nitrogens with zero attached hydrogens (tertiary/aromatic N) is 5. The SMILES string of the molecule is Cc1ccc(-c2nc(-c3ccc(NC(=O)Nc4ccc(C(=O)N5CCCCC5)cc4)cc3)nc(N3CCOCC3)n2)cc1. The first kappa shape index (κ1) is 28.3. The van der Waals surface area contributed by atoms with Crippen molar-refractivity contribution < 1.29 is 14.3 Å². The lowest BCUT2D eigenvalue weighted by atomic mass is 10.1. The van der Waals surface area contributed by atoms with Crippen molar-refractivity contribution in [1.82, 2.24) is 19.9 Å². The summed E-state index contributed by atoms with van der Waals surface area (Å²) in [5.74, 6) is 1.82. The highest BCUT2D eigenvalue weighted by Crippen LogP contribution is 2.25. The molecule has 1 aromatic heterocycles. The average Bonchev–Trinajstić information content (AvgIpc) is 3.06. The van der Waals surface area contributed by atoms with Crippen LogP contribution < -0.4 is 15.5 Å². The summed E-state index contributed by atoms with van der Waals surface area (Å²) in [6.45, 7) is 6.34. The van der Waals surface area contributed by atoms with Gasteiger partial charge in [0.2, 0.25) is 5.95 Å². The number of likely N-dealkylation sites (tertiary alicyclic amines) is 1. The van der Waals surface area contributed by atoms with Gasteiger partial charge in [-0.15, -0.1) is 0 Å². The predicted octanol–water partition coefficient (Wildman–Crippen LogP) is 5.62. The summed E-state index contributed by atoms with van der Waals surface area (Å²) in [6, 6.07) is 22.2. The van der Waals surface area contributed by atoms with E-state index in [0.717, 1.165) is 37.1 Å². The molecule has 2 aliphatic rings. The third kappa shape index (κ3) is 6.98. The lowest BCUT2D eigenvalue weighted by Gasteiger charge is -2.27. The highest BCUT2D eigenvalue weighted by Gasteiger charge is 2.19. The molecule has 2 N–H and O–H groups in total. The third-order valence-corrected chi connectivity index (χ3v) is 7.66. The second-order valence-electron chi connectivity index (χ2n) is 10.8. The first-order chi connectivity index (χ1) is 21.0. The minimum Gasteiger partial charge on any atom is -0.378 e. The van der Waals surface area contributed by atoms with Gasteiger partial charge >= 0.3 is 6.03 Å². The smallest absolute Gasteiger partial charge is 0.323 e. The fourth-order valence-corrected chi connectivity index (χ4v) is 5.20. The number of ether oxygens (including phenoxy) is 1. The molecule has 43 heavy (non-hydrogen) atoms. The van der Waals surface area contributed by atoms with E-state index in [1.165, 1.54) is 12.0 Å². The third-order valence-electron chi connectivity index (χ3n) is 7.66. The Morgan fingerprint density at radius 3 is 1.79 bits per heavy atom. The lowest BCUT2D eigenvalue weighted by Crippen LogP contribution is -2.37. The lowest BCUT2D eigenvalue weighted by molar-refractivity contribution is 0.0724. The summed E-state index contributed by atoms with van der Waals surface area (Å²) >= 11 is 0. The van der Waals surface area contributed by atoms with Crippen LogP contribution >= 0.6 is 0 Å². The van der Waals surface area contributed by atoms with Crippen molar-refractivity contribution in [3.05, 3.63) is 83.9 Å². The van der Waals surface area contributed by atoms with Gasteiger partial charge < -0.3 is 25.2 Å². The number of amides is 3. The number of piperidine rings is 1. The minimum atomic E-state index is -0.376.